The monoisotopic (exact) mass is 334 g/mol. The molecule has 6 nitrogen and oxygen atoms in total. The maximum absolute atomic E-state index is 12.7. The molecule has 0 aliphatic carbocycles. The van der Waals surface area contributed by atoms with Crippen LogP contribution in [0.1, 0.15) is 73.3 Å². The van der Waals surface area contributed by atoms with E-state index in [9.17, 15) is 9.59 Å². The van der Waals surface area contributed by atoms with Crippen LogP contribution in [0.15, 0.2) is 0 Å². The quantitative estimate of drug-likeness (QED) is 0.833. The summed E-state index contributed by atoms with van der Waals surface area (Å²) in [6.07, 6.45) is 4.88. The summed E-state index contributed by atoms with van der Waals surface area (Å²) in [6, 6.07) is 0. The molecular weight excluding hydrogens is 304 g/mol. The Kier molecular flexibility index (Phi) is 6.40. The van der Waals surface area contributed by atoms with Crippen LogP contribution in [0.3, 0.4) is 0 Å². The number of hydrogen-bond donors (Lipinski definition) is 1. The fraction of sp³-hybridized carbons (Fsp3) is 0.722. The van der Waals surface area contributed by atoms with Crippen LogP contribution < -0.4 is 5.32 Å². The number of rotatable bonds is 7. The molecule has 0 saturated heterocycles. The van der Waals surface area contributed by atoms with E-state index in [1.165, 1.54) is 0 Å². The first-order valence-corrected chi connectivity index (χ1v) is 9.08. The molecular formula is C18H30N4O2. The summed E-state index contributed by atoms with van der Waals surface area (Å²) in [7, 11) is 1.81. The van der Waals surface area contributed by atoms with Gasteiger partial charge in [0.15, 0.2) is 5.82 Å². The number of carbonyl (C=O) groups is 2. The predicted octanol–water partition coefficient (Wildman–Crippen LogP) is 2.48. The molecule has 0 spiro atoms. The number of hydrogen-bond acceptors (Lipinski definition) is 3. The van der Waals surface area contributed by atoms with Crippen molar-refractivity contribution in [1.29, 1.82) is 0 Å². The van der Waals surface area contributed by atoms with Gasteiger partial charge in [0, 0.05) is 26.7 Å². The van der Waals surface area contributed by atoms with Crippen LogP contribution in [0, 0.1) is 5.92 Å². The summed E-state index contributed by atoms with van der Waals surface area (Å²) in [5, 5.41) is 2.92. The number of imidazole rings is 1. The van der Waals surface area contributed by atoms with Gasteiger partial charge in [0.2, 0.25) is 0 Å². The Bertz CT molecular complexity index is 592. The summed E-state index contributed by atoms with van der Waals surface area (Å²) >= 11 is 0. The van der Waals surface area contributed by atoms with Gasteiger partial charge in [0.25, 0.3) is 11.8 Å². The first-order valence-electron chi connectivity index (χ1n) is 9.08. The van der Waals surface area contributed by atoms with Crippen LogP contribution in [0.2, 0.25) is 0 Å². The van der Waals surface area contributed by atoms with Gasteiger partial charge in [0.05, 0.1) is 5.69 Å². The highest BCUT2D eigenvalue weighted by atomic mass is 16.2. The Morgan fingerprint density at radius 3 is 2.75 bits per heavy atom. The maximum Gasteiger partial charge on any atom is 0.289 e. The molecule has 2 amide bonds. The van der Waals surface area contributed by atoms with E-state index in [4.69, 9.17) is 0 Å². The van der Waals surface area contributed by atoms with E-state index in [0.29, 0.717) is 30.5 Å². The van der Waals surface area contributed by atoms with Gasteiger partial charge in [-0.3, -0.25) is 9.59 Å². The van der Waals surface area contributed by atoms with Crippen LogP contribution >= 0.6 is 0 Å². The van der Waals surface area contributed by atoms with E-state index in [0.717, 1.165) is 44.3 Å². The van der Waals surface area contributed by atoms with Crippen molar-refractivity contribution in [3.05, 3.63) is 17.2 Å². The first kappa shape index (κ1) is 18.5. The molecule has 0 unspecified atom stereocenters. The summed E-state index contributed by atoms with van der Waals surface area (Å²) in [4.78, 5) is 31.4. The van der Waals surface area contributed by atoms with Crippen LogP contribution in [-0.4, -0.2) is 46.4 Å². The molecule has 0 fully saturated rings. The SMILES string of the molecule is CCCCN(C)C(=O)c1nc(C(=O)NCC(C)C)c2n1CCCC2. The molecule has 0 radical (unpaired) electrons. The molecule has 24 heavy (non-hydrogen) atoms. The third-order valence-corrected chi connectivity index (χ3v) is 4.39. The lowest BCUT2D eigenvalue weighted by molar-refractivity contribution is 0.0775. The van der Waals surface area contributed by atoms with Crippen LogP contribution in [0.4, 0.5) is 0 Å². The zero-order chi connectivity index (χ0) is 17.7. The Balaban J connectivity index is 2.26. The molecule has 0 saturated carbocycles. The lowest BCUT2D eigenvalue weighted by Crippen LogP contribution is -2.31. The van der Waals surface area contributed by atoms with Crippen LogP contribution in [0.5, 0.6) is 0 Å². The first-order chi connectivity index (χ1) is 11.5. The van der Waals surface area contributed by atoms with Crippen molar-refractivity contribution in [3.63, 3.8) is 0 Å². The average molecular weight is 334 g/mol. The lowest BCUT2D eigenvalue weighted by atomic mass is 10.1. The van der Waals surface area contributed by atoms with E-state index in [1.807, 2.05) is 4.57 Å². The molecule has 2 heterocycles. The van der Waals surface area contributed by atoms with Gasteiger partial charge < -0.3 is 14.8 Å². The normalized spacial score (nSPS) is 13.7. The summed E-state index contributed by atoms with van der Waals surface area (Å²) in [5.74, 6) is 0.547. The van der Waals surface area contributed by atoms with Gasteiger partial charge in [0.1, 0.15) is 5.69 Å². The standard InChI is InChI=1S/C18H30N4O2/c1-5-6-10-21(4)18(24)16-20-15(17(23)19-12-13(2)3)14-9-7-8-11-22(14)16/h13H,5-12H2,1-4H3,(H,19,23). The van der Waals surface area contributed by atoms with Gasteiger partial charge in [-0.05, 0) is 31.6 Å². The predicted molar refractivity (Wildman–Crippen MR) is 94.2 cm³/mol. The second kappa shape index (κ2) is 8.31. The second-order valence-corrected chi connectivity index (χ2v) is 7.02. The number of unbranched alkanes of at least 4 members (excludes halogenated alkanes) is 1. The van der Waals surface area contributed by atoms with Crippen molar-refractivity contribution in [2.45, 2.75) is 59.4 Å². The number of amides is 2. The van der Waals surface area contributed by atoms with Crippen molar-refractivity contribution in [2.75, 3.05) is 20.1 Å². The number of fused-ring (bicyclic) bond motifs is 1. The molecule has 6 heteroatoms. The van der Waals surface area contributed by atoms with Gasteiger partial charge in [-0.2, -0.15) is 0 Å². The van der Waals surface area contributed by atoms with E-state index in [1.54, 1.807) is 11.9 Å². The second-order valence-electron chi connectivity index (χ2n) is 7.02. The topological polar surface area (TPSA) is 67.2 Å². The zero-order valence-corrected chi connectivity index (χ0v) is 15.4. The summed E-state index contributed by atoms with van der Waals surface area (Å²) in [5.41, 5.74) is 1.34. The fourth-order valence-corrected chi connectivity index (χ4v) is 2.94. The van der Waals surface area contributed by atoms with Crippen LogP contribution in [0.25, 0.3) is 0 Å². The minimum atomic E-state index is -0.162. The van der Waals surface area contributed by atoms with Crippen molar-refractivity contribution in [1.82, 2.24) is 19.8 Å². The molecule has 1 aromatic heterocycles. The molecule has 0 bridgehead atoms. The Labute approximate surface area is 144 Å². The van der Waals surface area contributed by atoms with E-state index < -0.39 is 0 Å². The molecule has 1 aliphatic heterocycles. The fourth-order valence-electron chi connectivity index (χ4n) is 2.94. The van der Waals surface area contributed by atoms with Gasteiger partial charge in [-0.1, -0.05) is 27.2 Å². The van der Waals surface area contributed by atoms with Crippen LogP contribution in [-0.2, 0) is 13.0 Å². The number of nitrogens with one attached hydrogen (secondary N) is 1. The van der Waals surface area contributed by atoms with Crippen molar-refractivity contribution in [3.8, 4) is 0 Å². The molecule has 1 aromatic rings. The zero-order valence-electron chi connectivity index (χ0n) is 15.4. The molecule has 1 aliphatic rings. The summed E-state index contributed by atoms with van der Waals surface area (Å²) < 4.78 is 1.96. The summed E-state index contributed by atoms with van der Waals surface area (Å²) in [6.45, 7) is 8.31. The maximum atomic E-state index is 12.7. The average Bonchev–Trinajstić information content (AvgIpc) is 2.96. The minimum Gasteiger partial charge on any atom is -0.350 e. The van der Waals surface area contributed by atoms with Crippen molar-refractivity contribution < 1.29 is 9.59 Å². The highest BCUT2D eigenvalue weighted by Gasteiger charge is 2.28. The third kappa shape index (κ3) is 4.16. The van der Waals surface area contributed by atoms with E-state index in [2.05, 4.69) is 31.1 Å². The highest BCUT2D eigenvalue weighted by molar-refractivity contribution is 5.97. The van der Waals surface area contributed by atoms with E-state index in [-0.39, 0.29) is 11.8 Å². The smallest absolute Gasteiger partial charge is 0.289 e. The number of nitrogens with zero attached hydrogens (tertiary/aromatic N) is 3. The van der Waals surface area contributed by atoms with Gasteiger partial charge in [-0.25, -0.2) is 4.98 Å². The number of aromatic nitrogens is 2. The number of carbonyl (C=O) groups excluding carboxylic acids is 2. The molecule has 0 aromatic carbocycles. The van der Waals surface area contributed by atoms with Gasteiger partial charge >= 0.3 is 0 Å². The largest absolute Gasteiger partial charge is 0.350 e. The lowest BCUT2D eigenvalue weighted by Gasteiger charge is -2.20. The van der Waals surface area contributed by atoms with Crippen molar-refractivity contribution in [2.24, 2.45) is 5.92 Å². The molecule has 134 valence electrons. The highest BCUT2D eigenvalue weighted by Crippen LogP contribution is 2.22. The Morgan fingerprint density at radius 1 is 1.33 bits per heavy atom. The van der Waals surface area contributed by atoms with E-state index >= 15 is 0 Å². The Hall–Kier alpha value is -1.85. The third-order valence-electron chi connectivity index (χ3n) is 4.39. The minimum absolute atomic E-state index is 0.0884. The molecule has 1 N–H and O–H groups in total. The van der Waals surface area contributed by atoms with Crippen molar-refractivity contribution >= 4 is 11.8 Å². The molecule has 2 rings (SSSR count). The van der Waals surface area contributed by atoms with Gasteiger partial charge in [-0.15, -0.1) is 0 Å². The Morgan fingerprint density at radius 2 is 2.08 bits per heavy atom. The molecule has 0 atom stereocenters.